The number of hydrogen-bond donors (Lipinski definition) is 1. The zero-order valence-corrected chi connectivity index (χ0v) is 13.3. The third-order valence-corrected chi connectivity index (χ3v) is 4.02. The summed E-state index contributed by atoms with van der Waals surface area (Å²) in [5.41, 5.74) is 0. The summed E-state index contributed by atoms with van der Waals surface area (Å²) in [5.74, 6) is 3.76. The van der Waals surface area contributed by atoms with E-state index in [1.807, 2.05) is 0 Å². The van der Waals surface area contributed by atoms with Crippen molar-refractivity contribution in [3.8, 4) is 0 Å². The Balaban J connectivity index is 1.73. The number of hydrogen-bond acceptors (Lipinski definition) is 3. The third kappa shape index (κ3) is 4.95. The topological polar surface area (TPSA) is 28.4 Å². The van der Waals surface area contributed by atoms with E-state index in [9.17, 15) is 0 Å². The predicted octanol–water partition coefficient (Wildman–Crippen LogP) is 3.65. The van der Waals surface area contributed by atoms with E-state index in [2.05, 4.69) is 43.1 Å². The van der Waals surface area contributed by atoms with Gasteiger partial charge in [-0.25, -0.2) is 0 Å². The standard InChI is InChI=1S/C17H30N2O/c1-4-5-15-8-9-19(12-15)13-17-7-6-16(20-17)11-18-10-14(2)3/h6-7,14-15,18H,4-5,8-13H2,1-3H3. The van der Waals surface area contributed by atoms with E-state index in [0.29, 0.717) is 5.92 Å². The van der Waals surface area contributed by atoms with Crippen LogP contribution in [0.5, 0.6) is 0 Å². The van der Waals surface area contributed by atoms with Crippen LogP contribution in [0.2, 0.25) is 0 Å². The number of likely N-dealkylation sites (tertiary alicyclic amines) is 1. The SMILES string of the molecule is CCCC1CCN(Cc2ccc(CNCC(C)C)o2)C1. The van der Waals surface area contributed by atoms with Crippen LogP contribution < -0.4 is 5.32 Å². The Morgan fingerprint density at radius 2 is 2.15 bits per heavy atom. The average molecular weight is 278 g/mol. The lowest BCUT2D eigenvalue weighted by atomic mass is 10.0. The maximum Gasteiger partial charge on any atom is 0.118 e. The van der Waals surface area contributed by atoms with Gasteiger partial charge in [0.15, 0.2) is 0 Å². The van der Waals surface area contributed by atoms with Crippen LogP contribution in [0.3, 0.4) is 0 Å². The predicted molar refractivity (Wildman–Crippen MR) is 83.5 cm³/mol. The molecule has 1 saturated heterocycles. The highest BCUT2D eigenvalue weighted by Gasteiger charge is 2.22. The van der Waals surface area contributed by atoms with Crippen LogP contribution in [0.25, 0.3) is 0 Å². The van der Waals surface area contributed by atoms with Gasteiger partial charge in [0.2, 0.25) is 0 Å². The molecule has 1 aromatic rings. The normalized spacial score (nSPS) is 20.1. The smallest absolute Gasteiger partial charge is 0.118 e. The van der Waals surface area contributed by atoms with Crippen molar-refractivity contribution in [2.24, 2.45) is 11.8 Å². The lowest BCUT2D eigenvalue weighted by Crippen LogP contribution is -2.20. The van der Waals surface area contributed by atoms with Crippen molar-refractivity contribution in [3.05, 3.63) is 23.7 Å². The minimum Gasteiger partial charge on any atom is -0.463 e. The number of rotatable bonds is 8. The van der Waals surface area contributed by atoms with Crippen LogP contribution >= 0.6 is 0 Å². The minimum absolute atomic E-state index is 0.685. The second kappa shape index (κ2) is 7.84. The summed E-state index contributed by atoms with van der Waals surface area (Å²) >= 11 is 0. The van der Waals surface area contributed by atoms with E-state index in [0.717, 1.165) is 37.1 Å². The van der Waals surface area contributed by atoms with Crippen LogP contribution in [0.15, 0.2) is 16.5 Å². The van der Waals surface area contributed by atoms with Crippen LogP contribution in [0.4, 0.5) is 0 Å². The molecule has 0 aromatic carbocycles. The highest BCUT2D eigenvalue weighted by Crippen LogP contribution is 2.23. The van der Waals surface area contributed by atoms with Gasteiger partial charge < -0.3 is 9.73 Å². The van der Waals surface area contributed by atoms with Gasteiger partial charge >= 0.3 is 0 Å². The fraction of sp³-hybridized carbons (Fsp3) is 0.765. The number of furan rings is 1. The molecule has 0 radical (unpaired) electrons. The summed E-state index contributed by atoms with van der Waals surface area (Å²) in [6.45, 7) is 12.1. The largest absolute Gasteiger partial charge is 0.463 e. The molecule has 20 heavy (non-hydrogen) atoms. The summed E-state index contributed by atoms with van der Waals surface area (Å²) in [6.07, 6.45) is 4.04. The van der Waals surface area contributed by atoms with Crippen molar-refractivity contribution < 1.29 is 4.42 Å². The Bertz CT molecular complexity index is 386. The van der Waals surface area contributed by atoms with Gasteiger partial charge in [-0.05, 0) is 49.9 Å². The Hall–Kier alpha value is -0.800. The van der Waals surface area contributed by atoms with Crippen molar-refractivity contribution in [1.29, 1.82) is 0 Å². The fourth-order valence-corrected chi connectivity index (χ4v) is 3.01. The maximum absolute atomic E-state index is 5.92. The first-order chi connectivity index (χ1) is 9.67. The lowest BCUT2D eigenvalue weighted by molar-refractivity contribution is 0.279. The first-order valence-corrected chi connectivity index (χ1v) is 8.18. The summed E-state index contributed by atoms with van der Waals surface area (Å²) in [5, 5.41) is 3.42. The van der Waals surface area contributed by atoms with Crippen LogP contribution in [0.1, 0.15) is 51.6 Å². The Morgan fingerprint density at radius 3 is 2.90 bits per heavy atom. The van der Waals surface area contributed by atoms with E-state index in [1.165, 1.54) is 32.4 Å². The van der Waals surface area contributed by atoms with Gasteiger partial charge in [-0.3, -0.25) is 4.90 Å². The van der Waals surface area contributed by atoms with Crippen molar-refractivity contribution in [1.82, 2.24) is 10.2 Å². The highest BCUT2D eigenvalue weighted by atomic mass is 16.3. The molecule has 1 fully saturated rings. The molecule has 1 N–H and O–H groups in total. The average Bonchev–Trinajstić information content (AvgIpc) is 3.00. The maximum atomic E-state index is 5.92. The first kappa shape index (κ1) is 15.6. The molecule has 0 bridgehead atoms. The van der Waals surface area contributed by atoms with E-state index in [1.54, 1.807) is 0 Å². The molecule has 1 aromatic heterocycles. The zero-order valence-electron chi connectivity index (χ0n) is 13.3. The molecule has 1 unspecified atom stereocenters. The van der Waals surface area contributed by atoms with Gasteiger partial charge in [0.1, 0.15) is 11.5 Å². The quantitative estimate of drug-likeness (QED) is 0.787. The molecule has 3 nitrogen and oxygen atoms in total. The summed E-state index contributed by atoms with van der Waals surface area (Å²) in [7, 11) is 0. The number of nitrogens with zero attached hydrogens (tertiary/aromatic N) is 1. The zero-order chi connectivity index (χ0) is 14.4. The molecule has 0 aliphatic carbocycles. The molecule has 1 aliphatic rings. The Kier molecular flexibility index (Phi) is 6.11. The summed E-state index contributed by atoms with van der Waals surface area (Å²) < 4.78 is 5.92. The molecular weight excluding hydrogens is 248 g/mol. The molecule has 2 rings (SSSR count). The molecule has 1 aliphatic heterocycles. The van der Waals surface area contributed by atoms with Crippen molar-refractivity contribution >= 4 is 0 Å². The molecule has 3 heteroatoms. The van der Waals surface area contributed by atoms with Crippen LogP contribution in [-0.2, 0) is 13.1 Å². The first-order valence-electron chi connectivity index (χ1n) is 8.18. The van der Waals surface area contributed by atoms with E-state index < -0.39 is 0 Å². The van der Waals surface area contributed by atoms with Crippen molar-refractivity contribution in [3.63, 3.8) is 0 Å². The number of nitrogens with one attached hydrogen (secondary N) is 1. The molecule has 0 amide bonds. The van der Waals surface area contributed by atoms with Gasteiger partial charge in [-0.15, -0.1) is 0 Å². The second-order valence-corrected chi connectivity index (χ2v) is 6.57. The summed E-state index contributed by atoms with van der Waals surface area (Å²) in [4.78, 5) is 2.53. The van der Waals surface area contributed by atoms with E-state index >= 15 is 0 Å². The lowest BCUT2D eigenvalue weighted by Gasteiger charge is -2.14. The van der Waals surface area contributed by atoms with Gasteiger partial charge in [-0.2, -0.15) is 0 Å². The Labute approximate surface area is 123 Å². The van der Waals surface area contributed by atoms with Crippen molar-refractivity contribution in [2.75, 3.05) is 19.6 Å². The third-order valence-electron chi connectivity index (χ3n) is 4.02. The highest BCUT2D eigenvalue weighted by molar-refractivity contribution is 5.07. The van der Waals surface area contributed by atoms with Crippen LogP contribution in [0, 0.1) is 11.8 Å². The van der Waals surface area contributed by atoms with E-state index in [4.69, 9.17) is 4.42 Å². The Morgan fingerprint density at radius 1 is 1.35 bits per heavy atom. The monoisotopic (exact) mass is 278 g/mol. The van der Waals surface area contributed by atoms with Gasteiger partial charge in [-0.1, -0.05) is 27.2 Å². The van der Waals surface area contributed by atoms with Gasteiger partial charge in [0.25, 0.3) is 0 Å². The second-order valence-electron chi connectivity index (χ2n) is 6.57. The summed E-state index contributed by atoms with van der Waals surface area (Å²) in [6, 6.07) is 4.25. The molecule has 1 atom stereocenters. The molecule has 0 spiro atoms. The molecule has 0 saturated carbocycles. The van der Waals surface area contributed by atoms with Crippen molar-refractivity contribution in [2.45, 2.75) is 53.1 Å². The van der Waals surface area contributed by atoms with Gasteiger partial charge in [0.05, 0.1) is 13.1 Å². The molecule has 114 valence electrons. The van der Waals surface area contributed by atoms with Crippen LogP contribution in [-0.4, -0.2) is 24.5 Å². The fourth-order valence-electron chi connectivity index (χ4n) is 3.01. The van der Waals surface area contributed by atoms with E-state index in [-0.39, 0.29) is 0 Å². The molecule has 2 heterocycles. The molecular formula is C17H30N2O. The van der Waals surface area contributed by atoms with Gasteiger partial charge in [0, 0.05) is 6.54 Å². The minimum atomic E-state index is 0.685.